The van der Waals surface area contributed by atoms with Crippen LogP contribution < -0.4 is 0 Å². The molecule has 2 rings (SSSR count). The van der Waals surface area contributed by atoms with Gasteiger partial charge in [-0.3, -0.25) is 0 Å². The molecule has 0 amide bonds. The summed E-state index contributed by atoms with van der Waals surface area (Å²) in [6, 6.07) is 8.69. The molecule has 16 heavy (non-hydrogen) atoms. The quantitative estimate of drug-likeness (QED) is 0.506. The Hall–Kier alpha value is -1.15. The molecule has 0 saturated carbocycles. The fourth-order valence-electron chi connectivity index (χ4n) is 2.30. The van der Waals surface area contributed by atoms with Crippen molar-refractivity contribution in [2.75, 3.05) is 21.1 Å². The van der Waals surface area contributed by atoms with Gasteiger partial charge in [-0.15, -0.1) is 0 Å². The van der Waals surface area contributed by atoms with Gasteiger partial charge >= 0.3 is 0 Å². The zero-order valence-electron chi connectivity index (χ0n) is 10.7. The molecule has 0 N–H and O–H groups in total. The molecule has 0 fully saturated rings. The Kier molecular flexibility index (Phi) is 2.85. The molecule has 1 aliphatic carbocycles. The van der Waals surface area contributed by atoms with E-state index < -0.39 is 0 Å². The van der Waals surface area contributed by atoms with Crippen molar-refractivity contribution in [1.29, 1.82) is 0 Å². The Morgan fingerprint density at radius 1 is 1.19 bits per heavy atom. The summed E-state index contributed by atoms with van der Waals surface area (Å²) in [4.78, 5) is 0. The summed E-state index contributed by atoms with van der Waals surface area (Å²) in [5.41, 5.74) is 4.08. The molecule has 0 saturated heterocycles. The molecular weight excluding hydrogens is 196 g/mol. The van der Waals surface area contributed by atoms with Crippen LogP contribution in [0.4, 0.5) is 0 Å². The Balaban J connectivity index is 2.47. The molecule has 0 bridgehead atoms. The highest BCUT2D eigenvalue weighted by molar-refractivity contribution is 6.02. The average molecular weight is 217 g/mol. The topological polar surface area (TPSA) is 12.4 Å². The maximum Gasteiger partial charge on any atom is 0.103 e. The minimum Gasteiger partial charge on any atom is -0.205 e. The largest absolute Gasteiger partial charge is 0.205 e. The Morgan fingerprint density at radius 3 is 2.56 bits per heavy atom. The zero-order valence-corrected chi connectivity index (χ0v) is 10.7. The first kappa shape index (κ1) is 11.3. The van der Waals surface area contributed by atoms with Crippen molar-refractivity contribution in [3.05, 3.63) is 35.4 Å². The molecular formula is C14H21N2+. The lowest BCUT2D eigenvalue weighted by atomic mass is 9.83. The molecule has 0 radical (unpaired) electrons. The second-order valence-electron chi connectivity index (χ2n) is 5.52. The second kappa shape index (κ2) is 4.02. The van der Waals surface area contributed by atoms with Gasteiger partial charge in [-0.25, -0.2) is 4.59 Å². The first-order chi connectivity index (χ1) is 7.47. The van der Waals surface area contributed by atoms with Crippen molar-refractivity contribution in [3.8, 4) is 0 Å². The third-order valence-corrected chi connectivity index (χ3v) is 3.04. The number of hydrogen-bond acceptors (Lipinski definition) is 1. The summed E-state index contributed by atoms with van der Waals surface area (Å²) < 4.78 is 0.651. The van der Waals surface area contributed by atoms with Gasteiger partial charge < -0.3 is 0 Å². The van der Waals surface area contributed by atoms with Gasteiger partial charge in [0.15, 0.2) is 0 Å². The van der Waals surface area contributed by atoms with E-state index in [0.717, 1.165) is 6.42 Å². The maximum atomic E-state index is 4.80. The van der Waals surface area contributed by atoms with Crippen molar-refractivity contribution in [2.24, 2.45) is 5.10 Å². The van der Waals surface area contributed by atoms with Crippen LogP contribution in [-0.2, 0) is 0 Å². The monoisotopic (exact) mass is 217 g/mol. The third-order valence-electron chi connectivity index (χ3n) is 3.04. The summed E-state index contributed by atoms with van der Waals surface area (Å²) in [5, 5.41) is 4.80. The van der Waals surface area contributed by atoms with E-state index in [1.807, 2.05) is 0 Å². The summed E-state index contributed by atoms with van der Waals surface area (Å²) in [6.45, 7) is 2.31. The highest BCUT2D eigenvalue weighted by Crippen LogP contribution is 2.31. The van der Waals surface area contributed by atoms with Crippen LogP contribution in [0.2, 0.25) is 0 Å². The highest BCUT2D eigenvalue weighted by Gasteiger charge is 2.23. The lowest BCUT2D eigenvalue weighted by Gasteiger charge is -2.25. The number of rotatable bonds is 1. The first-order valence-electron chi connectivity index (χ1n) is 5.97. The molecule has 2 heteroatoms. The molecule has 0 heterocycles. The maximum absolute atomic E-state index is 4.80. The zero-order chi connectivity index (χ0) is 11.8. The van der Waals surface area contributed by atoms with Crippen LogP contribution in [-0.4, -0.2) is 31.4 Å². The Morgan fingerprint density at radius 2 is 1.88 bits per heavy atom. The minimum absolute atomic E-state index is 0.651. The van der Waals surface area contributed by atoms with Gasteiger partial charge in [-0.1, -0.05) is 36.3 Å². The van der Waals surface area contributed by atoms with Gasteiger partial charge in [-0.2, -0.15) is 0 Å². The van der Waals surface area contributed by atoms with Crippen molar-refractivity contribution in [1.82, 2.24) is 0 Å². The molecule has 2 nitrogen and oxygen atoms in total. The van der Waals surface area contributed by atoms with E-state index in [4.69, 9.17) is 5.10 Å². The molecule has 0 aromatic heterocycles. The van der Waals surface area contributed by atoms with E-state index in [2.05, 4.69) is 52.3 Å². The molecule has 1 aliphatic rings. The molecule has 0 spiro atoms. The molecule has 86 valence electrons. The fraction of sp³-hybridized carbons (Fsp3) is 0.500. The Labute approximate surface area is 98.2 Å². The summed E-state index contributed by atoms with van der Waals surface area (Å²) in [7, 11) is 6.31. The van der Waals surface area contributed by atoms with E-state index in [1.54, 1.807) is 0 Å². The number of benzene rings is 1. The van der Waals surface area contributed by atoms with Gasteiger partial charge in [0.05, 0.1) is 21.1 Å². The van der Waals surface area contributed by atoms with Crippen molar-refractivity contribution in [2.45, 2.75) is 25.7 Å². The first-order valence-corrected chi connectivity index (χ1v) is 5.97. The fourth-order valence-corrected chi connectivity index (χ4v) is 2.30. The van der Waals surface area contributed by atoms with E-state index in [9.17, 15) is 0 Å². The summed E-state index contributed by atoms with van der Waals surface area (Å²) >= 11 is 0. The standard InChI is InChI=1S/C14H21N2/c1-11-9-10-14(15-16(2,3)4)13-8-6-5-7-12(11)13/h5-8,11H,9-10H2,1-4H3/q+1/b15-14-/t11-/m0/s1. The van der Waals surface area contributed by atoms with Crippen LogP contribution in [0, 0.1) is 0 Å². The van der Waals surface area contributed by atoms with E-state index in [1.165, 1.54) is 23.3 Å². The number of hydrogen-bond donors (Lipinski definition) is 0. The normalized spacial score (nSPS) is 23.2. The average Bonchev–Trinajstić information content (AvgIpc) is 2.21. The van der Waals surface area contributed by atoms with Crippen LogP contribution in [0.1, 0.15) is 36.8 Å². The van der Waals surface area contributed by atoms with Crippen LogP contribution in [0.15, 0.2) is 29.4 Å². The highest BCUT2D eigenvalue weighted by atomic mass is 15.6. The summed E-state index contributed by atoms with van der Waals surface area (Å²) in [6.07, 6.45) is 2.32. The van der Waals surface area contributed by atoms with Crippen LogP contribution in [0.3, 0.4) is 0 Å². The van der Waals surface area contributed by atoms with Gasteiger partial charge in [-0.05, 0) is 24.3 Å². The lowest BCUT2D eigenvalue weighted by Crippen LogP contribution is -2.30. The van der Waals surface area contributed by atoms with Gasteiger partial charge in [0.1, 0.15) is 5.71 Å². The molecule has 1 atom stereocenters. The predicted molar refractivity (Wildman–Crippen MR) is 68.7 cm³/mol. The van der Waals surface area contributed by atoms with Crippen molar-refractivity contribution >= 4 is 5.71 Å². The SMILES string of the molecule is C[C@H]1CC/C(=N/[N+](C)(C)C)c2ccccc21. The van der Waals surface area contributed by atoms with E-state index in [0.29, 0.717) is 10.5 Å². The molecule has 1 aromatic carbocycles. The van der Waals surface area contributed by atoms with Crippen LogP contribution in [0.25, 0.3) is 0 Å². The Bertz CT molecular complexity index is 413. The van der Waals surface area contributed by atoms with Crippen LogP contribution >= 0.6 is 0 Å². The molecule has 0 aliphatic heterocycles. The molecule has 1 aromatic rings. The van der Waals surface area contributed by atoms with Gasteiger partial charge in [0, 0.05) is 5.56 Å². The third kappa shape index (κ3) is 2.33. The summed E-state index contributed by atoms with van der Waals surface area (Å²) in [5.74, 6) is 0.669. The number of quaternary nitrogens is 1. The lowest BCUT2D eigenvalue weighted by molar-refractivity contribution is -0.877. The van der Waals surface area contributed by atoms with Crippen LogP contribution in [0.5, 0.6) is 0 Å². The smallest absolute Gasteiger partial charge is 0.103 e. The van der Waals surface area contributed by atoms with Crippen molar-refractivity contribution in [3.63, 3.8) is 0 Å². The van der Waals surface area contributed by atoms with Gasteiger partial charge in [0.2, 0.25) is 0 Å². The van der Waals surface area contributed by atoms with Crippen molar-refractivity contribution < 1.29 is 4.59 Å². The second-order valence-corrected chi connectivity index (χ2v) is 5.52. The van der Waals surface area contributed by atoms with E-state index in [-0.39, 0.29) is 0 Å². The van der Waals surface area contributed by atoms with Gasteiger partial charge in [0.25, 0.3) is 0 Å². The molecule has 0 unspecified atom stereocenters. The number of fused-ring (bicyclic) bond motifs is 1. The number of nitrogens with zero attached hydrogens (tertiary/aromatic N) is 2. The predicted octanol–water partition coefficient (Wildman–Crippen LogP) is 2.99. The minimum atomic E-state index is 0.651. The van der Waals surface area contributed by atoms with E-state index >= 15 is 0 Å².